The van der Waals surface area contributed by atoms with Crippen molar-refractivity contribution in [3.63, 3.8) is 0 Å². The molecule has 0 saturated carbocycles. The van der Waals surface area contributed by atoms with Crippen LogP contribution < -0.4 is 5.32 Å². The topological polar surface area (TPSA) is 42.0 Å². The van der Waals surface area contributed by atoms with Crippen molar-refractivity contribution in [1.82, 2.24) is 10.3 Å². The van der Waals surface area contributed by atoms with Crippen LogP contribution >= 0.6 is 22.9 Å². The standard InChI is InChI=1S/C19H16ClFN2OS/c1-12-23-18(11-25-12)14-7-5-13(6-8-14)10-22-19(24)9-15-16(20)3-2-4-17(15)21/h2-8,11H,9-10H2,1H3,(H,22,24). The van der Waals surface area contributed by atoms with Gasteiger partial charge in [-0.25, -0.2) is 9.37 Å². The van der Waals surface area contributed by atoms with Gasteiger partial charge in [-0.2, -0.15) is 0 Å². The van der Waals surface area contributed by atoms with Crippen LogP contribution in [0.5, 0.6) is 0 Å². The van der Waals surface area contributed by atoms with Gasteiger partial charge in [-0.1, -0.05) is 41.9 Å². The van der Waals surface area contributed by atoms with E-state index in [1.165, 1.54) is 12.1 Å². The Morgan fingerprint density at radius 2 is 2.00 bits per heavy atom. The van der Waals surface area contributed by atoms with Gasteiger partial charge >= 0.3 is 0 Å². The Bertz CT molecular complexity index is 872. The van der Waals surface area contributed by atoms with Crippen LogP contribution in [0.3, 0.4) is 0 Å². The minimum atomic E-state index is -0.467. The predicted octanol–water partition coefficient (Wildman–Crippen LogP) is 4.77. The molecule has 0 aliphatic heterocycles. The van der Waals surface area contributed by atoms with E-state index in [2.05, 4.69) is 10.3 Å². The van der Waals surface area contributed by atoms with Crippen LogP contribution in [0.25, 0.3) is 11.3 Å². The number of amides is 1. The van der Waals surface area contributed by atoms with E-state index in [4.69, 9.17) is 11.6 Å². The predicted molar refractivity (Wildman–Crippen MR) is 99.2 cm³/mol. The molecule has 1 heterocycles. The number of thiazole rings is 1. The largest absolute Gasteiger partial charge is 0.352 e. The number of hydrogen-bond acceptors (Lipinski definition) is 3. The van der Waals surface area contributed by atoms with Gasteiger partial charge in [0.15, 0.2) is 0 Å². The SMILES string of the molecule is Cc1nc(-c2ccc(CNC(=O)Cc3c(F)cccc3Cl)cc2)cs1. The zero-order valence-electron chi connectivity index (χ0n) is 13.6. The molecule has 3 rings (SSSR count). The highest BCUT2D eigenvalue weighted by atomic mass is 35.5. The molecule has 128 valence electrons. The van der Waals surface area contributed by atoms with Crippen LogP contribution in [-0.4, -0.2) is 10.9 Å². The molecule has 25 heavy (non-hydrogen) atoms. The third kappa shape index (κ3) is 4.44. The van der Waals surface area contributed by atoms with Crippen molar-refractivity contribution in [2.75, 3.05) is 0 Å². The summed E-state index contributed by atoms with van der Waals surface area (Å²) in [5.41, 5.74) is 3.17. The van der Waals surface area contributed by atoms with E-state index in [1.807, 2.05) is 36.6 Å². The lowest BCUT2D eigenvalue weighted by Gasteiger charge is -2.08. The Morgan fingerprint density at radius 1 is 1.24 bits per heavy atom. The molecule has 0 aliphatic rings. The highest BCUT2D eigenvalue weighted by Crippen LogP contribution is 2.22. The normalized spacial score (nSPS) is 10.7. The van der Waals surface area contributed by atoms with Crippen molar-refractivity contribution in [3.05, 3.63) is 74.8 Å². The first kappa shape index (κ1) is 17.6. The first-order chi connectivity index (χ1) is 12.0. The van der Waals surface area contributed by atoms with Gasteiger partial charge < -0.3 is 5.32 Å². The molecule has 1 N–H and O–H groups in total. The summed E-state index contributed by atoms with van der Waals surface area (Å²) in [6.07, 6.45) is -0.0817. The van der Waals surface area contributed by atoms with Gasteiger partial charge in [-0.15, -0.1) is 11.3 Å². The van der Waals surface area contributed by atoms with Gasteiger partial charge in [0.05, 0.1) is 17.1 Å². The summed E-state index contributed by atoms with van der Waals surface area (Å²) in [5, 5.41) is 6.09. The molecule has 0 saturated heterocycles. The molecule has 0 unspecified atom stereocenters. The van der Waals surface area contributed by atoms with E-state index < -0.39 is 5.82 Å². The van der Waals surface area contributed by atoms with Gasteiger partial charge in [-0.3, -0.25) is 4.79 Å². The molecule has 0 aliphatic carbocycles. The fraction of sp³-hybridized carbons (Fsp3) is 0.158. The average molecular weight is 375 g/mol. The van der Waals surface area contributed by atoms with E-state index in [0.29, 0.717) is 6.54 Å². The zero-order chi connectivity index (χ0) is 17.8. The van der Waals surface area contributed by atoms with Crippen LogP contribution in [0.1, 0.15) is 16.1 Å². The maximum absolute atomic E-state index is 13.7. The van der Waals surface area contributed by atoms with Gasteiger partial charge in [0.1, 0.15) is 5.82 Å². The van der Waals surface area contributed by atoms with E-state index in [-0.39, 0.29) is 22.9 Å². The molecule has 1 aromatic heterocycles. The molecule has 1 amide bonds. The quantitative estimate of drug-likeness (QED) is 0.699. The molecule has 2 aromatic carbocycles. The molecule has 0 atom stereocenters. The van der Waals surface area contributed by atoms with Crippen LogP contribution in [0.4, 0.5) is 4.39 Å². The van der Waals surface area contributed by atoms with E-state index in [9.17, 15) is 9.18 Å². The summed E-state index contributed by atoms with van der Waals surface area (Å²) < 4.78 is 13.7. The lowest BCUT2D eigenvalue weighted by molar-refractivity contribution is -0.120. The summed E-state index contributed by atoms with van der Waals surface area (Å²) in [5.74, 6) is -0.739. The Hall–Kier alpha value is -2.24. The summed E-state index contributed by atoms with van der Waals surface area (Å²) in [6, 6.07) is 12.2. The van der Waals surface area contributed by atoms with Crippen molar-refractivity contribution in [2.45, 2.75) is 19.9 Å². The van der Waals surface area contributed by atoms with Gasteiger partial charge in [0, 0.05) is 28.1 Å². The van der Waals surface area contributed by atoms with Crippen LogP contribution in [0, 0.1) is 12.7 Å². The summed E-state index contributed by atoms with van der Waals surface area (Å²) in [7, 11) is 0. The van der Waals surface area contributed by atoms with Crippen LogP contribution in [0.2, 0.25) is 5.02 Å². The van der Waals surface area contributed by atoms with Crippen molar-refractivity contribution in [3.8, 4) is 11.3 Å². The number of nitrogens with one attached hydrogen (secondary N) is 1. The molecule has 3 aromatic rings. The van der Waals surface area contributed by atoms with Crippen LogP contribution in [-0.2, 0) is 17.8 Å². The monoisotopic (exact) mass is 374 g/mol. The molecule has 3 nitrogen and oxygen atoms in total. The molecule has 0 spiro atoms. The highest BCUT2D eigenvalue weighted by molar-refractivity contribution is 7.09. The van der Waals surface area contributed by atoms with Crippen LogP contribution in [0.15, 0.2) is 47.8 Å². The fourth-order valence-corrected chi connectivity index (χ4v) is 3.27. The molecule has 0 radical (unpaired) electrons. The fourth-order valence-electron chi connectivity index (χ4n) is 2.41. The van der Waals surface area contributed by atoms with E-state index in [0.717, 1.165) is 21.8 Å². The number of aromatic nitrogens is 1. The van der Waals surface area contributed by atoms with Gasteiger partial charge in [-0.05, 0) is 24.6 Å². The minimum absolute atomic E-state index is 0.0817. The van der Waals surface area contributed by atoms with Crippen molar-refractivity contribution >= 4 is 28.8 Å². The third-order valence-electron chi connectivity index (χ3n) is 3.76. The zero-order valence-corrected chi connectivity index (χ0v) is 15.1. The number of nitrogens with zero attached hydrogens (tertiary/aromatic N) is 1. The molecule has 6 heteroatoms. The number of aryl methyl sites for hydroxylation is 1. The Kier molecular flexibility index (Phi) is 5.46. The molecular formula is C19H16ClFN2OS. The molecular weight excluding hydrogens is 359 g/mol. The smallest absolute Gasteiger partial charge is 0.224 e. The average Bonchev–Trinajstić information content (AvgIpc) is 3.03. The highest BCUT2D eigenvalue weighted by Gasteiger charge is 2.11. The summed E-state index contributed by atoms with van der Waals surface area (Å²) >= 11 is 7.55. The number of halogens is 2. The molecule has 0 bridgehead atoms. The van der Waals surface area contributed by atoms with E-state index >= 15 is 0 Å². The lowest BCUT2D eigenvalue weighted by Crippen LogP contribution is -2.25. The molecule has 0 fully saturated rings. The lowest BCUT2D eigenvalue weighted by atomic mass is 10.1. The van der Waals surface area contributed by atoms with Gasteiger partial charge in [0.25, 0.3) is 0 Å². The first-order valence-electron chi connectivity index (χ1n) is 7.74. The minimum Gasteiger partial charge on any atom is -0.352 e. The van der Waals surface area contributed by atoms with Crippen molar-refractivity contribution in [1.29, 1.82) is 0 Å². The Morgan fingerprint density at radius 3 is 2.64 bits per heavy atom. The second-order valence-electron chi connectivity index (χ2n) is 5.60. The number of carbonyl (C=O) groups excluding carboxylic acids is 1. The van der Waals surface area contributed by atoms with E-state index in [1.54, 1.807) is 17.4 Å². The Balaban J connectivity index is 1.59. The second-order valence-corrected chi connectivity index (χ2v) is 7.07. The number of carbonyl (C=O) groups is 1. The third-order valence-corrected chi connectivity index (χ3v) is 4.89. The van der Waals surface area contributed by atoms with Crippen molar-refractivity contribution < 1.29 is 9.18 Å². The Labute approximate surface area is 154 Å². The maximum Gasteiger partial charge on any atom is 0.224 e. The van der Waals surface area contributed by atoms with Crippen molar-refractivity contribution in [2.24, 2.45) is 0 Å². The summed E-state index contributed by atoms with van der Waals surface area (Å²) in [4.78, 5) is 16.5. The van der Waals surface area contributed by atoms with Gasteiger partial charge in [0.2, 0.25) is 5.91 Å². The number of rotatable bonds is 5. The maximum atomic E-state index is 13.7. The second kappa shape index (κ2) is 7.76. The number of hydrogen-bond donors (Lipinski definition) is 1. The summed E-state index contributed by atoms with van der Waals surface area (Å²) in [6.45, 7) is 2.35. The first-order valence-corrected chi connectivity index (χ1v) is 9.00. The number of benzene rings is 2.